The van der Waals surface area contributed by atoms with E-state index in [1.165, 1.54) is 17.8 Å². The Kier molecular flexibility index (Phi) is 7.57. The monoisotopic (exact) mass is 415 g/mol. The first-order chi connectivity index (χ1) is 13.2. The molecule has 1 aromatic rings. The van der Waals surface area contributed by atoms with Crippen LogP contribution in [-0.4, -0.2) is 28.5 Å². The number of oxime groups is 1. The van der Waals surface area contributed by atoms with Gasteiger partial charge in [0.2, 0.25) is 0 Å². The van der Waals surface area contributed by atoms with Crippen molar-refractivity contribution in [1.82, 2.24) is 0 Å². The normalized spacial score (nSPS) is 19.3. The number of carbonyl (C=O) groups is 1. The second kappa shape index (κ2) is 9.49. The first kappa shape index (κ1) is 22.3. The number of benzene rings is 1. The summed E-state index contributed by atoms with van der Waals surface area (Å²) in [7, 11) is 0. The van der Waals surface area contributed by atoms with Gasteiger partial charge >= 0.3 is 6.18 Å². The summed E-state index contributed by atoms with van der Waals surface area (Å²) in [5, 5.41) is 14.3. The van der Waals surface area contributed by atoms with Crippen LogP contribution >= 0.6 is 11.8 Å². The lowest BCUT2D eigenvalue weighted by Gasteiger charge is -2.22. The van der Waals surface area contributed by atoms with Crippen molar-refractivity contribution in [3.8, 4) is 0 Å². The van der Waals surface area contributed by atoms with Crippen molar-refractivity contribution in [1.29, 1.82) is 0 Å². The third kappa shape index (κ3) is 5.53. The van der Waals surface area contributed by atoms with Gasteiger partial charge in [-0.2, -0.15) is 13.2 Å². The molecule has 1 aliphatic carbocycles. The number of thioether (sulfide) groups is 1. The molecule has 154 valence electrons. The molecule has 0 aromatic heterocycles. The Morgan fingerprint density at radius 1 is 1.39 bits per heavy atom. The molecule has 0 amide bonds. The number of aliphatic hydroxyl groups excluding tert-OH is 1. The van der Waals surface area contributed by atoms with E-state index in [0.29, 0.717) is 29.2 Å². The first-order valence-electron chi connectivity index (χ1n) is 9.11. The molecule has 0 bridgehead atoms. The van der Waals surface area contributed by atoms with E-state index in [0.717, 1.165) is 12.1 Å². The molecule has 0 heterocycles. The second-order valence-corrected chi connectivity index (χ2v) is 7.92. The summed E-state index contributed by atoms with van der Waals surface area (Å²) in [6, 6.07) is 5.11. The van der Waals surface area contributed by atoms with Gasteiger partial charge < -0.3 is 9.94 Å². The van der Waals surface area contributed by atoms with E-state index >= 15 is 0 Å². The van der Waals surface area contributed by atoms with Gasteiger partial charge in [-0.3, -0.25) is 4.79 Å². The minimum absolute atomic E-state index is 0.0161. The van der Waals surface area contributed by atoms with Crippen LogP contribution in [-0.2, 0) is 15.8 Å². The van der Waals surface area contributed by atoms with Gasteiger partial charge in [0.1, 0.15) is 12.4 Å². The van der Waals surface area contributed by atoms with Crippen molar-refractivity contribution < 1.29 is 27.9 Å². The Bertz CT molecular complexity index is 774. The molecule has 0 aliphatic heterocycles. The Balaban J connectivity index is 2.19. The molecule has 28 heavy (non-hydrogen) atoms. The predicted octanol–water partition coefficient (Wildman–Crippen LogP) is 5.78. The van der Waals surface area contributed by atoms with E-state index in [1.807, 2.05) is 6.92 Å². The Hall–Kier alpha value is -1.96. The fourth-order valence-corrected chi connectivity index (χ4v) is 4.37. The number of Topliss-reactive ketones (excluding diaryl/α,β-unsaturated/α-hetero) is 1. The van der Waals surface area contributed by atoms with Gasteiger partial charge in [0.05, 0.1) is 11.3 Å². The average Bonchev–Trinajstić information content (AvgIpc) is 2.92. The highest BCUT2D eigenvalue weighted by Gasteiger charge is 2.37. The summed E-state index contributed by atoms with van der Waals surface area (Å²) < 4.78 is 38.8. The fraction of sp³-hybridized carbons (Fsp3) is 0.500. The number of halogens is 3. The summed E-state index contributed by atoms with van der Waals surface area (Å²) >= 11 is 1.26. The number of alkyl halides is 3. The second-order valence-electron chi connectivity index (χ2n) is 6.61. The van der Waals surface area contributed by atoms with E-state index in [2.05, 4.69) is 5.16 Å². The highest BCUT2D eigenvalue weighted by molar-refractivity contribution is 8.00. The van der Waals surface area contributed by atoms with Gasteiger partial charge in [-0.1, -0.05) is 18.1 Å². The smallest absolute Gasteiger partial charge is 0.416 e. The fourth-order valence-electron chi connectivity index (χ4n) is 3.12. The SMILES string of the molecule is CCO/N=C(/C)CC1=C(O)C(C(CC)Sc2cccc(C(F)(F)F)c2)CC1=O. The highest BCUT2D eigenvalue weighted by atomic mass is 32.2. The van der Waals surface area contributed by atoms with Crippen molar-refractivity contribution in [3.63, 3.8) is 0 Å². The van der Waals surface area contributed by atoms with Crippen LogP contribution in [0.5, 0.6) is 0 Å². The first-order valence-corrected chi connectivity index (χ1v) is 9.99. The quantitative estimate of drug-likeness (QED) is 0.332. The number of carbonyl (C=O) groups excluding carboxylic acids is 1. The predicted molar refractivity (Wildman–Crippen MR) is 104 cm³/mol. The summed E-state index contributed by atoms with van der Waals surface area (Å²) in [6.07, 6.45) is -3.46. The molecule has 2 atom stereocenters. The lowest BCUT2D eigenvalue weighted by Crippen LogP contribution is -2.17. The Labute approximate surface area is 166 Å². The largest absolute Gasteiger partial charge is 0.512 e. The van der Waals surface area contributed by atoms with Crippen LogP contribution < -0.4 is 0 Å². The van der Waals surface area contributed by atoms with Gasteiger partial charge in [-0.25, -0.2) is 0 Å². The minimum atomic E-state index is -4.41. The molecule has 2 rings (SSSR count). The number of hydrogen-bond donors (Lipinski definition) is 1. The minimum Gasteiger partial charge on any atom is -0.512 e. The molecule has 2 unspecified atom stereocenters. The van der Waals surface area contributed by atoms with Crippen LogP contribution in [0.1, 0.15) is 45.6 Å². The number of hydrogen-bond acceptors (Lipinski definition) is 5. The molecule has 0 saturated carbocycles. The highest BCUT2D eigenvalue weighted by Crippen LogP contribution is 2.41. The van der Waals surface area contributed by atoms with Crippen LogP contribution in [0.2, 0.25) is 0 Å². The van der Waals surface area contributed by atoms with E-state index in [9.17, 15) is 23.1 Å². The van der Waals surface area contributed by atoms with E-state index < -0.39 is 17.7 Å². The van der Waals surface area contributed by atoms with Crippen LogP contribution in [0, 0.1) is 5.92 Å². The lowest BCUT2D eigenvalue weighted by atomic mass is 10.0. The summed E-state index contributed by atoms with van der Waals surface area (Å²) in [5.41, 5.74) is 0.183. The summed E-state index contributed by atoms with van der Waals surface area (Å²) in [5.74, 6) is -0.564. The number of aliphatic hydroxyl groups is 1. The van der Waals surface area contributed by atoms with Crippen LogP contribution in [0.15, 0.2) is 45.6 Å². The third-order valence-corrected chi connectivity index (χ3v) is 5.98. The topological polar surface area (TPSA) is 58.9 Å². The van der Waals surface area contributed by atoms with Crippen molar-refractivity contribution in [2.75, 3.05) is 6.61 Å². The van der Waals surface area contributed by atoms with Gasteiger partial charge in [-0.15, -0.1) is 11.8 Å². The molecule has 0 radical (unpaired) electrons. The molecular weight excluding hydrogens is 391 g/mol. The van der Waals surface area contributed by atoms with E-state index in [-0.39, 0.29) is 29.6 Å². The molecule has 0 spiro atoms. The van der Waals surface area contributed by atoms with Crippen LogP contribution in [0.3, 0.4) is 0 Å². The van der Waals surface area contributed by atoms with Gasteiger partial charge in [0, 0.05) is 34.5 Å². The van der Waals surface area contributed by atoms with Crippen LogP contribution in [0.4, 0.5) is 13.2 Å². The Morgan fingerprint density at radius 3 is 2.71 bits per heavy atom. The zero-order chi connectivity index (χ0) is 20.9. The van der Waals surface area contributed by atoms with Crippen molar-refractivity contribution in [2.24, 2.45) is 11.1 Å². The van der Waals surface area contributed by atoms with Crippen molar-refractivity contribution >= 4 is 23.3 Å². The van der Waals surface area contributed by atoms with E-state index in [1.54, 1.807) is 19.9 Å². The number of nitrogens with zero attached hydrogens (tertiary/aromatic N) is 1. The van der Waals surface area contributed by atoms with Crippen molar-refractivity contribution in [2.45, 2.75) is 56.4 Å². The maximum Gasteiger partial charge on any atom is 0.416 e. The number of allylic oxidation sites excluding steroid dienone is 2. The van der Waals surface area contributed by atoms with Crippen LogP contribution in [0.25, 0.3) is 0 Å². The maximum atomic E-state index is 12.9. The molecule has 1 aromatic carbocycles. The molecule has 4 nitrogen and oxygen atoms in total. The lowest BCUT2D eigenvalue weighted by molar-refractivity contribution is -0.137. The van der Waals surface area contributed by atoms with Gasteiger partial charge in [-0.05, 0) is 38.5 Å². The molecular formula is C20H24F3NO3S. The van der Waals surface area contributed by atoms with Gasteiger partial charge in [0.15, 0.2) is 5.78 Å². The summed E-state index contributed by atoms with van der Waals surface area (Å²) in [6.45, 7) is 5.81. The number of ketones is 1. The zero-order valence-electron chi connectivity index (χ0n) is 16.0. The molecule has 1 N–H and O–H groups in total. The summed E-state index contributed by atoms with van der Waals surface area (Å²) in [4.78, 5) is 17.8. The molecule has 8 heteroatoms. The number of rotatable bonds is 8. The molecule has 0 saturated heterocycles. The Morgan fingerprint density at radius 2 is 2.11 bits per heavy atom. The molecule has 0 fully saturated rings. The average molecular weight is 415 g/mol. The van der Waals surface area contributed by atoms with E-state index in [4.69, 9.17) is 4.84 Å². The standard InChI is InChI=1S/C20H24F3NO3S/c1-4-18(28-14-8-6-7-13(10-14)20(21,22)23)16-11-17(25)15(19(16)26)9-12(3)24-27-5-2/h6-8,10,16,18,26H,4-5,9,11H2,1-3H3/b24-12-. The molecule has 1 aliphatic rings. The van der Waals surface area contributed by atoms with Crippen molar-refractivity contribution in [3.05, 3.63) is 41.2 Å². The third-order valence-electron chi connectivity index (χ3n) is 4.48. The zero-order valence-corrected chi connectivity index (χ0v) is 16.9. The maximum absolute atomic E-state index is 12.9. The van der Waals surface area contributed by atoms with Gasteiger partial charge in [0.25, 0.3) is 0 Å².